The van der Waals surface area contributed by atoms with Gasteiger partial charge >= 0.3 is 0 Å². The minimum absolute atomic E-state index is 0.0111. The summed E-state index contributed by atoms with van der Waals surface area (Å²) in [5.74, 6) is 0.0111. The Bertz CT molecular complexity index is 642. The van der Waals surface area contributed by atoms with Crippen LogP contribution >= 0.6 is 15.9 Å². The van der Waals surface area contributed by atoms with E-state index in [-0.39, 0.29) is 5.91 Å². The lowest BCUT2D eigenvalue weighted by Crippen LogP contribution is -2.27. The maximum Gasteiger partial charge on any atom is 0.231 e. The average molecular weight is 329 g/mol. The van der Waals surface area contributed by atoms with Gasteiger partial charge in [0.15, 0.2) is 0 Å². The van der Waals surface area contributed by atoms with Crippen molar-refractivity contribution in [3.63, 3.8) is 0 Å². The number of hydrogen-bond donors (Lipinski definition) is 0. The molecule has 0 N–H and O–H groups in total. The molecule has 4 heteroatoms. The van der Waals surface area contributed by atoms with Gasteiger partial charge in [-0.05, 0) is 42.0 Å². The Hall–Kier alpha value is -2.12. The molecule has 0 aliphatic carbocycles. The molecule has 0 bridgehead atoms. The van der Waals surface area contributed by atoms with E-state index in [1.54, 1.807) is 36.2 Å². The van der Waals surface area contributed by atoms with Gasteiger partial charge in [0, 0.05) is 17.2 Å². The average Bonchev–Trinajstić information content (AvgIpc) is 2.49. The zero-order valence-electron chi connectivity index (χ0n) is 11.0. The summed E-state index contributed by atoms with van der Waals surface area (Å²) >= 11 is 3.37. The van der Waals surface area contributed by atoms with Crippen molar-refractivity contribution in [3.8, 4) is 6.07 Å². The molecule has 3 nitrogen and oxygen atoms in total. The molecule has 1 amide bonds. The summed E-state index contributed by atoms with van der Waals surface area (Å²) in [6.45, 7) is 0. The molecule has 0 radical (unpaired) electrons. The van der Waals surface area contributed by atoms with E-state index in [2.05, 4.69) is 22.0 Å². The molecule has 0 aliphatic heterocycles. The van der Waals surface area contributed by atoms with Crippen LogP contribution in [0.5, 0.6) is 0 Å². The first-order valence-electron chi connectivity index (χ1n) is 6.11. The van der Waals surface area contributed by atoms with Crippen molar-refractivity contribution in [2.45, 2.75) is 6.42 Å². The number of benzene rings is 2. The number of likely N-dealkylation sites (N-methyl/N-ethyl adjacent to an activating group) is 1. The fourth-order valence-electron chi connectivity index (χ4n) is 1.80. The fourth-order valence-corrected chi connectivity index (χ4v) is 2.06. The number of hydrogen-bond acceptors (Lipinski definition) is 2. The summed E-state index contributed by atoms with van der Waals surface area (Å²) in [7, 11) is 1.74. The molecule has 2 aromatic rings. The summed E-state index contributed by atoms with van der Waals surface area (Å²) in [5, 5.41) is 8.76. The number of nitrogens with zero attached hydrogens (tertiary/aromatic N) is 2. The predicted octanol–water partition coefficient (Wildman–Crippen LogP) is 3.53. The number of rotatable bonds is 3. The lowest BCUT2D eigenvalue weighted by atomic mass is 10.1. The van der Waals surface area contributed by atoms with Crippen LogP contribution in [0.15, 0.2) is 53.0 Å². The topological polar surface area (TPSA) is 44.1 Å². The standard InChI is InChI=1S/C16H13BrN2O/c1-19(15-8-4-13(11-18)5-9-15)16(20)10-12-2-6-14(17)7-3-12/h2-9H,10H2,1H3. The maximum absolute atomic E-state index is 12.2. The van der Waals surface area contributed by atoms with Gasteiger partial charge in [-0.15, -0.1) is 0 Å². The van der Waals surface area contributed by atoms with E-state index in [0.717, 1.165) is 15.7 Å². The minimum Gasteiger partial charge on any atom is -0.315 e. The minimum atomic E-state index is 0.0111. The number of carbonyl (C=O) groups is 1. The molecular weight excluding hydrogens is 316 g/mol. The first-order chi connectivity index (χ1) is 9.60. The Morgan fingerprint density at radius 3 is 2.30 bits per heavy atom. The van der Waals surface area contributed by atoms with Crippen molar-refractivity contribution < 1.29 is 4.79 Å². The van der Waals surface area contributed by atoms with Gasteiger partial charge in [-0.1, -0.05) is 28.1 Å². The molecule has 0 saturated heterocycles. The zero-order chi connectivity index (χ0) is 14.5. The van der Waals surface area contributed by atoms with Gasteiger partial charge in [-0.2, -0.15) is 5.26 Å². The second kappa shape index (κ2) is 6.36. The lowest BCUT2D eigenvalue weighted by molar-refractivity contribution is -0.117. The van der Waals surface area contributed by atoms with Gasteiger partial charge < -0.3 is 4.90 Å². The quantitative estimate of drug-likeness (QED) is 0.865. The molecule has 20 heavy (non-hydrogen) atoms. The van der Waals surface area contributed by atoms with E-state index < -0.39 is 0 Å². The van der Waals surface area contributed by atoms with E-state index in [1.165, 1.54) is 0 Å². The highest BCUT2D eigenvalue weighted by Gasteiger charge is 2.11. The number of amides is 1. The van der Waals surface area contributed by atoms with Crippen LogP contribution < -0.4 is 4.90 Å². The molecule has 2 aromatic carbocycles. The smallest absolute Gasteiger partial charge is 0.231 e. The number of halogens is 1. The van der Waals surface area contributed by atoms with Gasteiger partial charge in [-0.25, -0.2) is 0 Å². The van der Waals surface area contributed by atoms with E-state index in [0.29, 0.717) is 12.0 Å². The van der Waals surface area contributed by atoms with Crippen LogP contribution in [0.1, 0.15) is 11.1 Å². The number of nitriles is 1. The highest BCUT2D eigenvalue weighted by molar-refractivity contribution is 9.10. The largest absolute Gasteiger partial charge is 0.315 e. The van der Waals surface area contributed by atoms with E-state index in [9.17, 15) is 4.79 Å². The zero-order valence-corrected chi connectivity index (χ0v) is 12.6. The van der Waals surface area contributed by atoms with Gasteiger partial charge in [0.1, 0.15) is 0 Å². The Labute approximate surface area is 126 Å². The van der Waals surface area contributed by atoms with Gasteiger partial charge in [0.05, 0.1) is 18.1 Å². The van der Waals surface area contributed by atoms with Gasteiger partial charge in [0.2, 0.25) is 5.91 Å². The Morgan fingerprint density at radius 2 is 1.75 bits per heavy atom. The molecule has 0 spiro atoms. The molecule has 2 rings (SSSR count). The molecule has 100 valence electrons. The Morgan fingerprint density at radius 1 is 1.15 bits per heavy atom. The summed E-state index contributed by atoms with van der Waals surface area (Å²) < 4.78 is 0.995. The van der Waals surface area contributed by atoms with Crippen LogP contribution in [0.3, 0.4) is 0 Å². The van der Waals surface area contributed by atoms with Crippen LogP contribution in [0.2, 0.25) is 0 Å². The van der Waals surface area contributed by atoms with Crippen molar-refractivity contribution in [1.82, 2.24) is 0 Å². The molecule has 0 saturated carbocycles. The third kappa shape index (κ3) is 3.46. The summed E-state index contributed by atoms with van der Waals surface area (Å²) in [4.78, 5) is 13.8. The van der Waals surface area contributed by atoms with Crippen molar-refractivity contribution in [2.24, 2.45) is 0 Å². The van der Waals surface area contributed by atoms with Crippen molar-refractivity contribution in [3.05, 3.63) is 64.1 Å². The van der Waals surface area contributed by atoms with Crippen molar-refractivity contribution in [1.29, 1.82) is 5.26 Å². The highest BCUT2D eigenvalue weighted by Crippen LogP contribution is 2.16. The first kappa shape index (κ1) is 14.3. The molecule has 0 heterocycles. The highest BCUT2D eigenvalue weighted by atomic mass is 79.9. The second-order valence-corrected chi connectivity index (χ2v) is 5.33. The third-order valence-electron chi connectivity index (χ3n) is 3.03. The predicted molar refractivity (Wildman–Crippen MR) is 82.4 cm³/mol. The van der Waals surface area contributed by atoms with Crippen LogP contribution in [-0.2, 0) is 11.2 Å². The SMILES string of the molecule is CN(C(=O)Cc1ccc(Br)cc1)c1ccc(C#N)cc1. The van der Waals surface area contributed by atoms with Crippen LogP contribution in [0.4, 0.5) is 5.69 Å². The van der Waals surface area contributed by atoms with E-state index >= 15 is 0 Å². The second-order valence-electron chi connectivity index (χ2n) is 4.41. The van der Waals surface area contributed by atoms with Crippen LogP contribution in [0, 0.1) is 11.3 Å². The van der Waals surface area contributed by atoms with E-state index in [4.69, 9.17) is 5.26 Å². The number of carbonyl (C=O) groups excluding carboxylic acids is 1. The fraction of sp³-hybridized carbons (Fsp3) is 0.125. The molecule has 0 aliphatic rings. The lowest BCUT2D eigenvalue weighted by Gasteiger charge is -2.17. The summed E-state index contributed by atoms with van der Waals surface area (Å²) in [6, 6.07) is 16.7. The van der Waals surface area contributed by atoms with Gasteiger partial charge in [0.25, 0.3) is 0 Å². The number of anilines is 1. The van der Waals surface area contributed by atoms with Crippen molar-refractivity contribution in [2.75, 3.05) is 11.9 Å². The Balaban J connectivity index is 2.08. The monoisotopic (exact) mass is 328 g/mol. The molecular formula is C16H13BrN2O. The molecule has 0 aromatic heterocycles. The van der Waals surface area contributed by atoms with E-state index in [1.807, 2.05) is 24.3 Å². The Kier molecular flexibility index (Phi) is 4.54. The maximum atomic E-state index is 12.2. The molecule has 0 fully saturated rings. The van der Waals surface area contributed by atoms with Gasteiger partial charge in [-0.3, -0.25) is 4.79 Å². The summed E-state index contributed by atoms with van der Waals surface area (Å²) in [5.41, 5.74) is 2.34. The third-order valence-corrected chi connectivity index (χ3v) is 3.56. The normalized spacial score (nSPS) is 9.85. The van der Waals surface area contributed by atoms with Crippen LogP contribution in [-0.4, -0.2) is 13.0 Å². The molecule has 0 atom stereocenters. The van der Waals surface area contributed by atoms with Crippen molar-refractivity contribution >= 4 is 27.5 Å². The molecule has 0 unspecified atom stereocenters. The summed E-state index contributed by atoms with van der Waals surface area (Å²) in [6.07, 6.45) is 0.351. The van der Waals surface area contributed by atoms with Crippen LogP contribution in [0.25, 0.3) is 0 Å². The first-order valence-corrected chi connectivity index (χ1v) is 6.90.